The van der Waals surface area contributed by atoms with Crippen LogP contribution in [0.4, 0.5) is 0 Å². The van der Waals surface area contributed by atoms with Crippen LogP contribution >= 0.6 is 0 Å². The maximum atomic E-state index is 12.1. The Bertz CT molecular complexity index is 553. The Morgan fingerprint density at radius 3 is 2.35 bits per heavy atom. The predicted octanol–water partition coefficient (Wildman–Crippen LogP) is 3.17. The zero-order valence-corrected chi connectivity index (χ0v) is 16.0. The summed E-state index contributed by atoms with van der Waals surface area (Å²) in [5, 5.41) is 10.2. The maximum Gasteiger partial charge on any atom is 0.254 e. The number of rotatable bonds is 5. The topological polar surface area (TPSA) is 49.8 Å². The molecule has 0 spiro atoms. The highest BCUT2D eigenvalue weighted by Gasteiger charge is 2.51. The quantitative estimate of drug-likeness (QED) is 0.664. The second-order valence-electron chi connectivity index (χ2n) is 7.97. The van der Waals surface area contributed by atoms with Crippen LogP contribution < -0.4 is 0 Å². The van der Waals surface area contributed by atoms with Gasteiger partial charge in [0.15, 0.2) is 14.4 Å². The number of amides is 1. The van der Waals surface area contributed by atoms with Crippen LogP contribution in [0.1, 0.15) is 33.3 Å². The Labute approximate surface area is 140 Å². The Kier molecular flexibility index (Phi) is 5.04. The van der Waals surface area contributed by atoms with Crippen molar-refractivity contribution in [2.45, 2.75) is 70.6 Å². The highest BCUT2D eigenvalue weighted by Crippen LogP contribution is 2.39. The molecular formula is C18H29NO3Si. The fraction of sp³-hybridized carbons (Fsp3) is 0.611. The van der Waals surface area contributed by atoms with Crippen molar-refractivity contribution < 1.29 is 14.3 Å². The molecule has 1 aromatic rings. The Balaban J connectivity index is 2.09. The van der Waals surface area contributed by atoms with Gasteiger partial charge in [-0.2, -0.15) is 0 Å². The second kappa shape index (κ2) is 6.38. The molecule has 1 aliphatic heterocycles. The van der Waals surface area contributed by atoms with E-state index in [0.29, 0.717) is 6.54 Å². The average Bonchev–Trinajstić information content (AvgIpc) is 2.45. The predicted molar refractivity (Wildman–Crippen MR) is 94.5 cm³/mol. The van der Waals surface area contributed by atoms with E-state index in [0.717, 1.165) is 5.56 Å². The van der Waals surface area contributed by atoms with E-state index in [2.05, 4.69) is 33.9 Å². The Morgan fingerprint density at radius 1 is 1.26 bits per heavy atom. The normalized spacial score (nSPS) is 23.6. The second-order valence-corrected chi connectivity index (χ2v) is 12.7. The first-order valence-corrected chi connectivity index (χ1v) is 11.2. The summed E-state index contributed by atoms with van der Waals surface area (Å²) in [4.78, 5) is 13.8. The van der Waals surface area contributed by atoms with Gasteiger partial charge in [-0.05, 0) is 30.6 Å². The van der Waals surface area contributed by atoms with E-state index < -0.39 is 14.4 Å². The summed E-state index contributed by atoms with van der Waals surface area (Å²) in [6.07, 6.45) is -1.12. The van der Waals surface area contributed by atoms with E-state index in [1.54, 1.807) is 4.90 Å². The number of benzene rings is 1. The molecule has 3 atom stereocenters. The molecule has 0 saturated carbocycles. The van der Waals surface area contributed by atoms with Crippen LogP contribution in [0.15, 0.2) is 30.3 Å². The molecule has 0 radical (unpaired) electrons. The monoisotopic (exact) mass is 335 g/mol. The summed E-state index contributed by atoms with van der Waals surface area (Å²) >= 11 is 0. The number of hydrogen-bond donors (Lipinski definition) is 1. The summed E-state index contributed by atoms with van der Waals surface area (Å²) in [6.45, 7) is 13.4. The molecule has 5 heteroatoms. The number of nitrogens with zero attached hydrogens (tertiary/aromatic N) is 1. The molecule has 1 N–H and O–H groups in total. The molecule has 0 unspecified atom stereocenters. The summed E-state index contributed by atoms with van der Waals surface area (Å²) in [5.41, 5.74) is 1.07. The fourth-order valence-corrected chi connectivity index (χ4v) is 4.16. The lowest BCUT2D eigenvalue weighted by molar-refractivity contribution is -0.176. The van der Waals surface area contributed by atoms with Gasteiger partial charge >= 0.3 is 0 Å². The number of aliphatic hydroxyl groups is 1. The summed E-state index contributed by atoms with van der Waals surface area (Å²) in [5.74, 6) is -0.204. The summed E-state index contributed by atoms with van der Waals surface area (Å²) in [7, 11) is -1.94. The fourth-order valence-electron chi connectivity index (χ4n) is 2.74. The molecule has 1 saturated heterocycles. The first-order valence-electron chi connectivity index (χ1n) is 8.25. The van der Waals surface area contributed by atoms with E-state index in [-0.39, 0.29) is 23.1 Å². The number of aliphatic hydroxyl groups excluding tert-OH is 1. The molecular weight excluding hydrogens is 306 g/mol. The minimum atomic E-state index is -1.94. The molecule has 0 bridgehead atoms. The molecule has 0 aliphatic carbocycles. The molecule has 1 fully saturated rings. The van der Waals surface area contributed by atoms with Gasteiger partial charge in [-0.15, -0.1) is 0 Å². The van der Waals surface area contributed by atoms with Crippen molar-refractivity contribution in [2.24, 2.45) is 0 Å². The standard InChI is InChI=1S/C18H29NO3Si/c1-13(22-23(5,6)18(2,3)4)15-16(20)17(21)19(15)12-14-10-8-7-9-11-14/h7-11,13,15-16,20H,12H2,1-6H3/t13-,15-,16+/m0/s1. The summed E-state index contributed by atoms with van der Waals surface area (Å²) < 4.78 is 6.38. The Hall–Kier alpha value is -1.17. The first-order chi connectivity index (χ1) is 10.5. The number of hydrogen-bond acceptors (Lipinski definition) is 3. The van der Waals surface area contributed by atoms with Crippen LogP contribution in [0.2, 0.25) is 18.1 Å². The zero-order chi connectivity index (χ0) is 17.4. The van der Waals surface area contributed by atoms with Gasteiger partial charge < -0.3 is 14.4 Å². The van der Waals surface area contributed by atoms with Crippen LogP contribution in [0.5, 0.6) is 0 Å². The summed E-state index contributed by atoms with van der Waals surface area (Å²) in [6, 6.07) is 9.60. The van der Waals surface area contributed by atoms with E-state index in [1.165, 1.54) is 0 Å². The number of carbonyl (C=O) groups is 1. The highest BCUT2D eigenvalue weighted by molar-refractivity contribution is 6.74. The van der Waals surface area contributed by atoms with Crippen LogP contribution in [-0.4, -0.2) is 42.5 Å². The van der Waals surface area contributed by atoms with Gasteiger partial charge in [0, 0.05) is 6.54 Å². The largest absolute Gasteiger partial charge is 0.412 e. The van der Waals surface area contributed by atoms with Crippen LogP contribution in [0.3, 0.4) is 0 Å². The molecule has 1 aromatic carbocycles. The zero-order valence-electron chi connectivity index (χ0n) is 15.0. The van der Waals surface area contributed by atoms with Gasteiger partial charge in [0.2, 0.25) is 0 Å². The van der Waals surface area contributed by atoms with Gasteiger partial charge in [0.25, 0.3) is 5.91 Å². The van der Waals surface area contributed by atoms with Crippen LogP contribution in [-0.2, 0) is 15.8 Å². The van der Waals surface area contributed by atoms with Crippen molar-refractivity contribution in [2.75, 3.05) is 0 Å². The SMILES string of the molecule is C[C@H](O[Si](C)(C)C(C)(C)C)[C@H]1[C@@H](O)C(=O)N1Cc1ccccc1. The molecule has 1 amide bonds. The van der Waals surface area contributed by atoms with Gasteiger partial charge in [0.05, 0.1) is 12.1 Å². The molecule has 23 heavy (non-hydrogen) atoms. The molecule has 128 valence electrons. The lowest BCUT2D eigenvalue weighted by Gasteiger charge is -2.50. The number of carbonyl (C=O) groups excluding carboxylic acids is 1. The maximum absolute atomic E-state index is 12.1. The van der Waals surface area contributed by atoms with Crippen molar-refractivity contribution in [3.05, 3.63) is 35.9 Å². The van der Waals surface area contributed by atoms with Crippen molar-refractivity contribution in [3.8, 4) is 0 Å². The van der Waals surface area contributed by atoms with Gasteiger partial charge in [-0.25, -0.2) is 0 Å². The highest BCUT2D eigenvalue weighted by atomic mass is 28.4. The molecule has 1 heterocycles. The van der Waals surface area contributed by atoms with E-state index in [1.807, 2.05) is 37.3 Å². The Morgan fingerprint density at radius 2 is 1.83 bits per heavy atom. The van der Waals surface area contributed by atoms with E-state index >= 15 is 0 Å². The third-order valence-electron chi connectivity index (χ3n) is 5.18. The lowest BCUT2D eigenvalue weighted by Crippen LogP contribution is -2.69. The molecule has 2 rings (SSSR count). The van der Waals surface area contributed by atoms with Crippen LogP contribution in [0.25, 0.3) is 0 Å². The van der Waals surface area contributed by atoms with Gasteiger partial charge in [0.1, 0.15) is 0 Å². The third kappa shape index (κ3) is 3.67. The minimum absolute atomic E-state index is 0.101. The number of likely N-dealkylation sites (tertiary alicyclic amines) is 1. The average molecular weight is 336 g/mol. The molecule has 1 aliphatic rings. The first kappa shape index (κ1) is 18.2. The minimum Gasteiger partial charge on any atom is -0.412 e. The van der Waals surface area contributed by atoms with Crippen molar-refractivity contribution in [3.63, 3.8) is 0 Å². The van der Waals surface area contributed by atoms with Crippen molar-refractivity contribution in [1.29, 1.82) is 0 Å². The van der Waals surface area contributed by atoms with Gasteiger partial charge in [-0.3, -0.25) is 4.79 Å². The third-order valence-corrected chi connectivity index (χ3v) is 9.76. The van der Waals surface area contributed by atoms with Crippen molar-refractivity contribution >= 4 is 14.2 Å². The van der Waals surface area contributed by atoms with E-state index in [9.17, 15) is 9.90 Å². The van der Waals surface area contributed by atoms with Crippen molar-refractivity contribution in [1.82, 2.24) is 4.90 Å². The molecule has 4 nitrogen and oxygen atoms in total. The lowest BCUT2D eigenvalue weighted by atomic mass is 9.93. The smallest absolute Gasteiger partial charge is 0.254 e. The van der Waals surface area contributed by atoms with Crippen LogP contribution in [0, 0.1) is 0 Å². The van der Waals surface area contributed by atoms with Gasteiger partial charge in [-0.1, -0.05) is 51.1 Å². The van der Waals surface area contributed by atoms with E-state index in [4.69, 9.17) is 4.43 Å². The molecule has 0 aromatic heterocycles. The number of β-lactam (4-membered cyclic amide) rings is 1.